The maximum absolute atomic E-state index is 13.4. The molecule has 39 heavy (non-hydrogen) atoms. The molecule has 1 heterocycles. The van der Waals surface area contributed by atoms with Crippen LogP contribution in [0.15, 0.2) is 86.7 Å². The zero-order valence-corrected chi connectivity index (χ0v) is 24.1. The highest BCUT2D eigenvalue weighted by Gasteiger charge is 2.39. The number of nitrogens with zero attached hydrogens (tertiary/aromatic N) is 1. The molecule has 0 fully saturated rings. The molecule has 0 spiro atoms. The molecule has 0 bridgehead atoms. The Morgan fingerprint density at radius 1 is 0.974 bits per heavy atom. The lowest BCUT2D eigenvalue weighted by Crippen LogP contribution is -2.33. The number of halogens is 1. The summed E-state index contributed by atoms with van der Waals surface area (Å²) in [6, 6.07) is 19.8. The summed E-state index contributed by atoms with van der Waals surface area (Å²) in [6.07, 6.45) is 0.528. The van der Waals surface area contributed by atoms with E-state index in [1.54, 1.807) is 62.8 Å². The quantitative estimate of drug-likeness (QED) is 0.208. The maximum Gasteiger partial charge on any atom is 0.278 e. The Bertz CT molecular complexity index is 1410. The fraction of sp³-hybridized carbons (Fsp3) is 0.207. The van der Waals surface area contributed by atoms with Crippen molar-refractivity contribution in [2.75, 3.05) is 38.0 Å². The Hall–Kier alpha value is -3.60. The first-order chi connectivity index (χ1) is 18.8. The second-order valence-corrected chi connectivity index (χ2v) is 10.7. The van der Waals surface area contributed by atoms with Crippen LogP contribution in [0.4, 0.5) is 11.4 Å². The van der Waals surface area contributed by atoms with Gasteiger partial charge in [0.1, 0.15) is 16.4 Å². The van der Waals surface area contributed by atoms with Gasteiger partial charge < -0.3 is 20.1 Å². The molecule has 0 radical (unpaired) electrons. The molecule has 0 atom stereocenters. The van der Waals surface area contributed by atoms with E-state index in [9.17, 15) is 14.4 Å². The van der Waals surface area contributed by atoms with Crippen LogP contribution in [0.1, 0.15) is 22.3 Å². The lowest BCUT2D eigenvalue weighted by molar-refractivity contribution is -0.137. The molecule has 3 aromatic rings. The molecule has 8 nitrogen and oxygen atoms in total. The fourth-order valence-electron chi connectivity index (χ4n) is 3.91. The molecule has 0 aliphatic carbocycles. The molecule has 1 aliphatic rings. The predicted molar refractivity (Wildman–Crippen MR) is 156 cm³/mol. The second kappa shape index (κ2) is 13.0. The monoisotopic (exact) mass is 609 g/mol. The van der Waals surface area contributed by atoms with Crippen molar-refractivity contribution in [2.45, 2.75) is 18.2 Å². The van der Waals surface area contributed by atoms with Crippen molar-refractivity contribution >= 4 is 56.8 Å². The highest BCUT2D eigenvalue weighted by Crippen LogP contribution is 2.38. The number of methoxy groups -OCH3 is 2. The van der Waals surface area contributed by atoms with E-state index in [1.165, 1.54) is 16.7 Å². The number of nitrogens with one attached hydrogen (secondary N) is 2. The average Bonchev–Trinajstić information content (AvgIpc) is 3.14. The third-order valence-corrected chi connectivity index (χ3v) is 7.53. The lowest BCUT2D eigenvalue weighted by atomic mass is 10.2. The van der Waals surface area contributed by atoms with Gasteiger partial charge in [0.05, 0.1) is 12.8 Å². The Balaban J connectivity index is 1.57. The third-order valence-electron chi connectivity index (χ3n) is 5.91. The largest absolute Gasteiger partial charge is 0.495 e. The molecule has 0 aromatic heterocycles. The molecular weight excluding hydrogens is 582 g/mol. The minimum Gasteiger partial charge on any atom is -0.495 e. The number of ether oxygens (including phenoxy) is 2. The van der Waals surface area contributed by atoms with Gasteiger partial charge in [0.2, 0.25) is 0 Å². The maximum atomic E-state index is 13.4. The number of carbonyl (C=O) groups excluding carboxylic acids is 3. The van der Waals surface area contributed by atoms with Crippen LogP contribution in [-0.4, -0.2) is 50.0 Å². The molecule has 0 saturated heterocycles. The number of amides is 3. The Labute approximate surface area is 239 Å². The molecule has 3 amide bonds. The van der Waals surface area contributed by atoms with Crippen molar-refractivity contribution < 1.29 is 23.9 Å². The number of carbonyl (C=O) groups is 3. The van der Waals surface area contributed by atoms with E-state index in [-0.39, 0.29) is 29.0 Å². The van der Waals surface area contributed by atoms with E-state index < -0.39 is 5.91 Å². The number of hydrogen-bond donors (Lipinski definition) is 2. The normalized spacial score (nSPS) is 13.2. The summed E-state index contributed by atoms with van der Waals surface area (Å²) in [4.78, 5) is 41.6. The zero-order chi connectivity index (χ0) is 27.9. The van der Waals surface area contributed by atoms with Crippen LogP contribution in [0.5, 0.6) is 5.75 Å². The minimum atomic E-state index is -0.402. The molecular formula is C29H28BrN3O5S. The molecule has 4 rings (SSSR count). The van der Waals surface area contributed by atoms with Crippen molar-refractivity contribution in [1.29, 1.82) is 0 Å². The van der Waals surface area contributed by atoms with Crippen LogP contribution in [0.3, 0.4) is 0 Å². The predicted octanol–water partition coefficient (Wildman–Crippen LogP) is 5.84. The summed E-state index contributed by atoms with van der Waals surface area (Å²) in [7, 11) is 3.13. The van der Waals surface area contributed by atoms with Crippen LogP contribution < -0.4 is 15.4 Å². The molecule has 202 valence electrons. The number of benzene rings is 3. The van der Waals surface area contributed by atoms with Crippen LogP contribution >= 0.6 is 27.7 Å². The van der Waals surface area contributed by atoms with Crippen molar-refractivity contribution in [1.82, 2.24) is 4.90 Å². The third kappa shape index (κ3) is 6.89. The van der Waals surface area contributed by atoms with Gasteiger partial charge in [-0.15, -0.1) is 0 Å². The van der Waals surface area contributed by atoms with Crippen LogP contribution in [-0.2, 0) is 14.3 Å². The van der Waals surface area contributed by atoms with Gasteiger partial charge in [0, 0.05) is 40.9 Å². The standard InChI is InChI=1S/C29H28BrN3O5S/c1-18-5-14-24(38-3)23(17-18)32-25-26(29(36)33(28(25)35)15-4-16-37-2)39-22-12-10-21(11-13-22)31-27(34)19-6-8-20(30)9-7-19/h5-14,17,32H,4,15-16H2,1-3H3,(H,31,34). The van der Waals surface area contributed by atoms with Gasteiger partial charge in [-0.3, -0.25) is 19.3 Å². The van der Waals surface area contributed by atoms with E-state index >= 15 is 0 Å². The van der Waals surface area contributed by atoms with Crippen LogP contribution in [0.25, 0.3) is 0 Å². The average molecular weight is 611 g/mol. The summed E-state index contributed by atoms with van der Waals surface area (Å²) in [5.74, 6) is -0.447. The molecule has 3 aromatic carbocycles. The molecule has 0 unspecified atom stereocenters. The van der Waals surface area contributed by atoms with E-state index in [4.69, 9.17) is 9.47 Å². The highest BCUT2D eigenvalue weighted by molar-refractivity contribution is 9.10. The van der Waals surface area contributed by atoms with Crippen LogP contribution in [0.2, 0.25) is 0 Å². The van der Waals surface area contributed by atoms with Gasteiger partial charge in [-0.2, -0.15) is 0 Å². The van der Waals surface area contributed by atoms with Crippen molar-refractivity contribution in [3.63, 3.8) is 0 Å². The molecule has 2 N–H and O–H groups in total. The number of imide groups is 1. The van der Waals surface area contributed by atoms with Gasteiger partial charge in [-0.1, -0.05) is 33.8 Å². The second-order valence-electron chi connectivity index (χ2n) is 8.73. The van der Waals surface area contributed by atoms with Gasteiger partial charge in [-0.25, -0.2) is 0 Å². The number of aryl methyl sites for hydroxylation is 1. The Kier molecular flexibility index (Phi) is 9.45. The first-order valence-electron chi connectivity index (χ1n) is 12.2. The highest BCUT2D eigenvalue weighted by atomic mass is 79.9. The first kappa shape index (κ1) is 28.4. The van der Waals surface area contributed by atoms with Crippen molar-refractivity contribution in [3.05, 3.63) is 92.9 Å². The smallest absolute Gasteiger partial charge is 0.278 e. The molecule has 10 heteroatoms. The molecule has 0 saturated carbocycles. The van der Waals surface area contributed by atoms with E-state index in [0.717, 1.165) is 14.9 Å². The first-order valence-corrected chi connectivity index (χ1v) is 13.8. The Morgan fingerprint density at radius 3 is 2.36 bits per heavy atom. The number of rotatable bonds is 11. The Morgan fingerprint density at radius 2 is 1.69 bits per heavy atom. The van der Waals surface area contributed by atoms with Crippen molar-refractivity contribution in [3.8, 4) is 5.75 Å². The topological polar surface area (TPSA) is 97.0 Å². The van der Waals surface area contributed by atoms with Gasteiger partial charge >= 0.3 is 0 Å². The number of hydrogen-bond acceptors (Lipinski definition) is 7. The van der Waals surface area contributed by atoms with E-state index in [0.29, 0.717) is 35.7 Å². The van der Waals surface area contributed by atoms with E-state index in [2.05, 4.69) is 26.6 Å². The van der Waals surface area contributed by atoms with E-state index in [1.807, 2.05) is 25.1 Å². The van der Waals surface area contributed by atoms with Gasteiger partial charge in [0.15, 0.2) is 0 Å². The van der Waals surface area contributed by atoms with Crippen LogP contribution in [0, 0.1) is 6.92 Å². The SMILES string of the molecule is COCCCN1C(=O)C(Nc2cc(C)ccc2OC)=C(Sc2ccc(NC(=O)c3ccc(Br)cc3)cc2)C1=O. The summed E-state index contributed by atoms with van der Waals surface area (Å²) in [6.45, 7) is 2.61. The summed E-state index contributed by atoms with van der Waals surface area (Å²) in [5, 5.41) is 6.03. The summed E-state index contributed by atoms with van der Waals surface area (Å²) < 4.78 is 11.5. The van der Waals surface area contributed by atoms with Gasteiger partial charge in [-0.05, 0) is 79.6 Å². The lowest BCUT2D eigenvalue weighted by Gasteiger charge is -2.15. The summed E-state index contributed by atoms with van der Waals surface area (Å²) >= 11 is 4.55. The number of anilines is 2. The fourth-order valence-corrected chi connectivity index (χ4v) is 5.12. The minimum absolute atomic E-state index is 0.193. The molecule has 1 aliphatic heterocycles. The van der Waals surface area contributed by atoms with Crippen molar-refractivity contribution in [2.24, 2.45) is 0 Å². The van der Waals surface area contributed by atoms with Gasteiger partial charge in [0.25, 0.3) is 17.7 Å². The zero-order valence-electron chi connectivity index (χ0n) is 21.7. The number of thioether (sulfide) groups is 1. The summed E-state index contributed by atoms with van der Waals surface area (Å²) in [5.41, 5.74) is 2.91.